The average molecular weight is 268 g/mol. The number of carboxylic acid groups (broad SMARTS) is 1. The van der Waals surface area contributed by atoms with Crippen LogP contribution in [0.3, 0.4) is 0 Å². The van der Waals surface area contributed by atoms with Crippen LogP contribution in [0, 0.1) is 0 Å². The molecule has 2 heterocycles. The average Bonchev–Trinajstić information content (AvgIpc) is 2.64. The zero-order valence-corrected chi connectivity index (χ0v) is 10.9. The number of carboxylic acids is 1. The fourth-order valence-corrected chi connectivity index (χ4v) is 2.81. The van der Waals surface area contributed by atoms with Crippen molar-refractivity contribution >= 4 is 23.2 Å². The lowest BCUT2D eigenvalue weighted by Crippen LogP contribution is -2.33. The number of aromatic carboxylic acids is 1. The van der Waals surface area contributed by atoms with Crippen LogP contribution in [0.2, 0.25) is 0 Å². The van der Waals surface area contributed by atoms with Gasteiger partial charge in [0.15, 0.2) is 5.69 Å². The van der Waals surface area contributed by atoms with Crippen LogP contribution in [0.5, 0.6) is 0 Å². The van der Waals surface area contributed by atoms with Crippen molar-refractivity contribution in [1.29, 1.82) is 0 Å². The topological polar surface area (TPSA) is 70.5 Å². The van der Waals surface area contributed by atoms with Gasteiger partial charge in [-0.05, 0) is 12.8 Å². The van der Waals surface area contributed by atoms with E-state index in [9.17, 15) is 9.59 Å². The van der Waals surface area contributed by atoms with Crippen molar-refractivity contribution in [2.24, 2.45) is 0 Å². The highest BCUT2D eigenvalue weighted by Gasteiger charge is 2.18. The van der Waals surface area contributed by atoms with Gasteiger partial charge in [-0.3, -0.25) is 4.79 Å². The highest BCUT2D eigenvalue weighted by atomic mass is 32.1. The summed E-state index contributed by atoms with van der Waals surface area (Å²) in [7, 11) is 0. The lowest BCUT2D eigenvalue weighted by Gasteiger charge is -2.19. The Balaban J connectivity index is 1.94. The lowest BCUT2D eigenvalue weighted by atomic mass is 10.2. The number of nitrogens with zero attached hydrogens (tertiary/aromatic N) is 2. The van der Waals surface area contributed by atoms with E-state index in [0.29, 0.717) is 5.01 Å². The minimum Gasteiger partial charge on any atom is -0.476 e. The number of aromatic nitrogens is 1. The van der Waals surface area contributed by atoms with Crippen LogP contribution in [0.15, 0.2) is 5.38 Å². The van der Waals surface area contributed by atoms with Gasteiger partial charge in [0.2, 0.25) is 5.91 Å². The summed E-state index contributed by atoms with van der Waals surface area (Å²) in [5.41, 5.74) is 0.0265. The molecular formula is C12H16N2O3S. The smallest absolute Gasteiger partial charge is 0.355 e. The summed E-state index contributed by atoms with van der Waals surface area (Å²) in [6.45, 7) is 1.63. The minimum atomic E-state index is -1.04. The second-order valence-electron chi connectivity index (χ2n) is 4.40. The highest BCUT2D eigenvalue weighted by molar-refractivity contribution is 7.09. The number of hydrogen-bond donors (Lipinski definition) is 1. The normalized spacial score (nSPS) is 16.3. The molecular weight excluding hydrogens is 252 g/mol. The first-order chi connectivity index (χ1) is 8.66. The number of thiazole rings is 1. The molecule has 0 aliphatic carbocycles. The summed E-state index contributed by atoms with van der Waals surface area (Å²) < 4.78 is 0. The van der Waals surface area contributed by atoms with Crippen LogP contribution in [0.4, 0.5) is 0 Å². The van der Waals surface area contributed by atoms with Crippen LogP contribution in [-0.2, 0) is 11.2 Å². The number of carbonyl (C=O) groups excluding carboxylic acids is 1. The SMILES string of the molecule is O=C(O)c1csc(CC(=O)N2CCCCCC2)n1. The van der Waals surface area contributed by atoms with Crippen molar-refractivity contribution in [2.45, 2.75) is 32.1 Å². The largest absolute Gasteiger partial charge is 0.476 e. The number of rotatable bonds is 3. The molecule has 1 saturated heterocycles. The molecule has 0 aromatic carbocycles. The van der Waals surface area contributed by atoms with Crippen LogP contribution in [0.25, 0.3) is 0 Å². The fraction of sp³-hybridized carbons (Fsp3) is 0.583. The van der Waals surface area contributed by atoms with Crippen molar-refractivity contribution in [3.8, 4) is 0 Å². The fourth-order valence-electron chi connectivity index (χ4n) is 2.05. The highest BCUT2D eigenvalue weighted by Crippen LogP contribution is 2.14. The molecule has 1 fully saturated rings. The Bertz CT molecular complexity index is 436. The molecule has 0 unspecified atom stereocenters. The molecule has 1 aliphatic rings. The Hall–Kier alpha value is -1.43. The van der Waals surface area contributed by atoms with E-state index in [0.717, 1.165) is 25.9 Å². The molecule has 2 rings (SSSR count). The first kappa shape index (κ1) is 13.0. The second-order valence-corrected chi connectivity index (χ2v) is 5.35. The zero-order valence-electron chi connectivity index (χ0n) is 10.1. The molecule has 0 bridgehead atoms. The second kappa shape index (κ2) is 5.95. The third-order valence-electron chi connectivity index (χ3n) is 3.03. The Morgan fingerprint density at radius 1 is 1.28 bits per heavy atom. The van der Waals surface area contributed by atoms with Crippen molar-refractivity contribution in [3.05, 3.63) is 16.1 Å². The summed E-state index contributed by atoms with van der Waals surface area (Å²) in [6.07, 6.45) is 4.71. The van der Waals surface area contributed by atoms with Gasteiger partial charge in [0.1, 0.15) is 5.01 Å². The molecule has 5 nitrogen and oxygen atoms in total. The third kappa shape index (κ3) is 3.29. The number of hydrogen-bond acceptors (Lipinski definition) is 4. The molecule has 0 radical (unpaired) electrons. The van der Waals surface area contributed by atoms with Gasteiger partial charge in [-0.2, -0.15) is 0 Å². The number of carbonyl (C=O) groups is 2. The van der Waals surface area contributed by atoms with E-state index < -0.39 is 5.97 Å². The standard InChI is InChI=1S/C12H16N2O3S/c15-11(14-5-3-1-2-4-6-14)7-10-13-9(8-18-10)12(16)17/h8H,1-7H2,(H,16,17). The first-order valence-corrected chi connectivity index (χ1v) is 7.00. The number of amides is 1. The molecule has 18 heavy (non-hydrogen) atoms. The maximum Gasteiger partial charge on any atom is 0.355 e. The van der Waals surface area contributed by atoms with E-state index in [2.05, 4.69) is 4.98 Å². The van der Waals surface area contributed by atoms with Crippen LogP contribution in [-0.4, -0.2) is 40.0 Å². The molecule has 0 spiro atoms. The quantitative estimate of drug-likeness (QED) is 0.907. The van der Waals surface area contributed by atoms with Gasteiger partial charge in [-0.15, -0.1) is 11.3 Å². The van der Waals surface area contributed by atoms with Crippen LogP contribution < -0.4 is 0 Å². The van der Waals surface area contributed by atoms with Gasteiger partial charge < -0.3 is 10.0 Å². The Labute approximate surface area is 109 Å². The van der Waals surface area contributed by atoms with E-state index in [1.165, 1.54) is 29.6 Å². The van der Waals surface area contributed by atoms with Gasteiger partial charge >= 0.3 is 5.97 Å². The van der Waals surface area contributed by atoms with Crippen molar-refractivity contribution < 1.29 is 14.7 Å². The van der Waals surface area contributed by atoms with E-state index >= 15 is 0 Å². The molecule has 1 aromatic rings. The molecule has 6 heteroatoms. The Morgan fingerprint density at radius 2 is 1.94 bits per heavy atom. The Kier molecular flexibility index (Phi) is 4.30. The molecule has 1 N–H and O–H groups in total. The summed E-state index contributed by atoms with van der Waals surface area (Å²) in [4.78, 5) is 28.5. The van der Waals surface area contributed by atoms with Gasteiger partial charge in [-0.25, -0.2) is 9.78 Å². The van der Waals surface area contributed by atoms with Crippen LogP contribution in [0.1, 0.15) is 41.2 Å². The summed E-state index contributed by atoms with van der Waals surface area (Å²) in [6, 6.07) is 0. The Morgan fingerprint density at radius 3 is 2.50 bits per heavy atom. The van der Waals surface area contributed by atoms with Gasteiger partial charge in [0.05, 0.1) is 6.42 Å². The maximum absolute atomic E-state index is 12.0. The molecule has 98 valence electrons. The van der Waals surface area contributed by atoms with Crippen molar-refractivity contribution in [1.82, 2.24) is 9.88 Å². The summed E-state index contributed by atoms with van der Waals surface area (Å²) in [5, 5.41) is 10.8. The van der Waals surface area contributed by atoms with E-state index in [1.807, 2.05) is 4.90 Å². The van der Waals surface area contributed by atoms with Crippen molar-refractivity contribution in [2.75, 3.05) is 13.1 Å². The third-order valence-corrected chi connectivity index (χ3v) is 3.88. The van der Waals surface area contributed by atoms with Crippen LogP contribution >= 0.6 is 11.3 Å². The van der Waals surface area contributed by atoms with Gasteiger partial charge in [0.25, 0.3) is 0 Å². The van der Waals surface area contributed by atoms with E-state index in [1.54, 1.807) is 0 Å². The number of likely N-dealkylation sites (tertiary alicyclic amines) is 1. The molecule has 1 aliphatic heterocycles. The van der Waals surface area contributed by atoms with Gasteiger partial charge in [-0.1, -0.05) is 12.8 Å². The summed E-state index contributed by atoms with van der Waals surface area (Å²) in [5.74, 6) is -0.983. The molecule has 0 saturated carbocycles. The van der Waals surface area contributed by atoms with Gasteiger partial charge in [0, 0.05) is 18.5 Å². The summed E-state index contributed by atoms with van der Waals surface area (Å²) >= 11 is 1.24. The monoisotopic (exact) mass is 268 g/mol. The molecule has 1 amide bonds. The van der Waals surface area contributed by atoms with E-state index in [4.69, 9.17) is 5.11 Å². The maximum atomic E-state index is 12.0. The van der Waals surface area contributed by atoms with E-state index in [-0.39, 0.29) is 18.0 Å². The van der Waals surface area contributed by atoms with Crippen molar-refractivity contribution in [3.63, 3.8) is 0 Å². The molecule has 1 aromatic heterocycles. The minimum absolute atomic E-state index is 0.0265. The lowest BCUT2D eigenvalue weighted by molar-refractivity contribution is -0.130. The first-order valence-electron chi connectivity index (χ1n) is 6.12. The predicted molar refractivity (Wildman–Crippen MR) is 67.8 cm³/mol. The predicted octanol–water partition coefficient (Wildman–Crippen LogP) is 1.79. The zero-order chi connectivity index (χ0) is 13.0. The molecule has 0 atom stereocenters.